The van der Waals surface area contributed by atoms with E-state index < -0.39 is 10.0 Å². The van der Waals surface area contributed by atoms with E-state index >= 15 is 0 Å². The topological polar surface area (TPSA) is 83.7 Å². The zero-order chi connectivity index (χ0) is 17.5. The molecule has 0 saturated carbocycles. The molecule has 1 aliphatic heterocycles. The minimum absolute atomic E-state index is 0.0182. The molecule has 128 valence electrons. The third kappa shape index (κ3) is 3.01. The highest BCUT2D eigenvalue weighted by Gasteiger charge is 2.33. The number of para-hydroxylation sites is 1. The fraction of sp³-hybridized carbons (Fsp3) is 0.375. The summed E-state index contributed by atoms with van der Waals surface area (Å²) in [5.41, 5.74) is 1.92. The predicted octanol–water partition coefficient (Wildman–Crippen LogP) is 1.73. The Balaban J connectivity index is 1.90. The molecule has 3 rings (SSSR count). The van der Waals surface area contributed by atoms with Crippen LogP contribution < -0.4 is 9.21 Å². The second-order valence-corrected chi connectivity index (χ2v) is 7.92. The van der Waals surface area contributed by atoms with E-state index in [1.165, 1.54) is 6.07 Å². The lowest BCUT2D eigenvalue weighted by atomic mass is 10.1. The Labute approximate surface area is 140 Å². The number of amides is 1. The van der Waals surface area contributed by atoms with Crippen molar-refractivity contribution in [3.63, 3.8) is 0 Å². The van der Waals surface area contributed by atoms with Crippen LogP contribution in [0.3, 0.4) is 0 Å². The summed E-state index contributed by atoms with van der Waals surface area (Å²) >= 11 is 0. The fourth-order valence-electron chi connectivity index (χ4n) is 2.98. The van der Waals surface area contributed by atoms with Gasteiger partial charge in [-0.2, -0.15) is 0 Å². The summed E-state index contributed by atoms with van der Waals surface area (Å²) in [6, 6.07) is 9.13. The first-order valence-electron chi connectivity index (χ1n) is 7.58. The maximum atomic E-state index is 12.8. The predicted molar refractivity (Wildman–Crippen MR) is 90.5 cm³/mol. The summed E-state index contributed by atoms with van der Waals surface area (Å²) in [6.07, 6.45) is 1.80. The monoisotopic (exact) mass is 349 g/mol. The second-order valence-electron chi connectivity index (χ2n) is 6.01. The van der Waals surface area contributed by atoms with Gasteiger partial charge in [0, 0.05) is 17.8 Å². The van der Waals surface area contributed by atoms with Gasteiger partial charge >= 0.3 is 0 Å². The number of anilines is 2. The summed E-state index contributed by atoms with van der Waals surface area (Å²) in [6.45, 7) is 3.30. The number of hydrogen-bond donors (Lipinski definition) is 0. The van der Waals surface area contributed by atoms with Gasteiger partial charge < -0.3 is 9.42 Å². The van der Waals surface area contributed by atoms with E-state index in [9.17, 15) is 13.2 Å². The Morgan fingerprint density at radius 3 is 2.75 bits per heavy atom. The molecule has 1 unspecified atom stereocenters. The number of fused-ring (bicyclic) bond motifs is 1. The number of carbonyl (C=O) groups is 1. The quantitative estimate of drug-likeness (QED) is 0.839. The van der Waals surface area contributed by atoms with Crippen molar-refractivity contribution in [2.75, 3.05) is 22.0 Å². The lowest BCUT2D eigenvalue weighted by Gasteiger charge is -2.26. The average Bonchev–Trinajstić information content (AvgIpc) is 3.05. The Morgan fingerprint density at radius 2 is 2.12 bits per heavy atom. The SMILES string of the molecule is Cc1cc(N(CC(=O)N2c3ccccc3CC2C)S(C)(=O)=O)no1. The standard InChI is InChI=1S/C16H19N3O4S/c1-11-8-13-6-4-5-7-14(13)19(11)16(20)10-18(24(3,21)22)15-9-12(2)23-17-15/h4-7,9,11H,8,10H2,1-3H3. The molecule has 0 radical (unpaired) electrons. The van der Waals surface area contributed by atoms with Crippen molar-refractivity contribution in [2.24, 2.45) is 0 Å². The Hall–Kier alpha value is -2.35. The van der Waals surface area contributed by atoms with E-state index in [0.717, 1.165) is 28.2 Å². The minimum Gasteiger partial charge on any atom is -0.360 e. The summed E-state index contributed by atoms with van der Waals surface area (Å²) in [7, 11) is -3.66. The third-order valence-corrected chi connectivity index (χ3v) is 5.14. The smallest absolute Gasteiger partial charge is 0.248 e. The molecule has 0 fully saturated rings. The van der Waals surface area contributed by atoms with Crippen molar-refractivity contribution in [2.45, 2.75) is 26.3 Å². The van der Waals surface area contributed by atoms with Gasteiger partial charge in [0.15, 0.2) is 5.82 Å². The van der Waals surface area contributed by atoms with Crippen molar-refractivity contribution in [1.29, 1.82) is 0 Å². The number of aromatic nitrogens is 1. The van der Waals surface area contributed by atoms with E-state index in [1.54, 1.807) is 11.8 Å². The zero-order valence-corrected chi connectivity index (χ0v) is 14.6. The van der Waals surface area contributed by atoms with Crippen LogP contribution in [-0.4, -0.2) is 38.3 Å². The van der Waals surface area contributed by atoms with Crippen LogP contribution in [-0.2, 0) is 21.2 Å². The number of nitrogens with zero attached hydrogens (tertiary/aromatic N) is 3. The molecule has 1 atom stereocenters. The lowest BCUT2D eigenvalue weighted by molar-refractivity contribution is -0.117. The second kappa shape index (κ2) is 5.94. The van der Waals surface area contributed by atoms with Gasteiger partial charge in [-0.1, -0.05) is 23.4 Å². The number of sulfonamides is 1. The van der Waals surface area contributed by atoms with Crippen molar-refractivity contribution in [3.8, 4) is 0 Å². The minimum atomic E-state index is -3.66. The summed E-state index contributed by atoms with van der Waals surface area (Å²) < 4.78 is 30.1. The lowest BCUT2D eigenvalue weighted by Crippen LogP contribution is -2.45. The summed E-state index contributed by atoms with van der Waals surface area (Å²) in [5.74, 6) is 0.299. The van der Waals surface area contributed by atoms with Gasteiger partial charge in [-0.3, -0.25) is 4.79 Å². The molecule has 0 aliphatic carbocycles. The number of hydrogen-bond acceptors (Lipinski definition) is 5. The average molecular weight is 349 g/mol. The number of carbonyl (C=O) groups excluding carboxylic acids is 1. The molecule has 0 bridgehead atoms. The van der Waals surface area contributed by atoms with Crippen LogP contribution in [0.5, 0.6) is 0 Å². The van der Waals surface area contributed by atoms with Crippen LogP contribution in [0, 0.1) is 6.92 Å². The maximum Gasteiger partial charge on any atom is 0.248 e. The zero-order valence-electron chi connectivity index (χ0n) is 13.8. The number of aryl methyl sites for hydroxylation is 1. The van der Waals surface area contributed by atoms with Gasteiger partial charge in [0.2, 0.25) is 15.9 Å². The van der Waals surface area contributed by atoms with E-state index in [4.69, 9.17) is 4.52 Å². The maximum absolute atomic E-state index is 12.8. The molecule has 0 saturated heterocycles. The first-order valence-corrected chi connectivity index (χ1v) is 9.43. The summed E-state index contributed by atoms with van der Waals surface area (Å²) in [5, 5.41) is 3.73. The molecule has 1 aliphatic rings. The van der Waals surface area contributed by atoms with Crippen LogP contribution >= 0.6 is 0 Å². The van der Waals surface area contributed by atoms with Crippen molar-refractivity contribution < 1.29 is 17.7 Å². The van der Waals surface area contributed by atoms with Gasteiger partial charge in [0.05, 0.1) is 6.26 Å². The van der Waals surface area contributed by atoms with Crippen molar-refractivity contribution in [1.82, 2.24) is 5.16 Å². The van der Waals surface area contributed by atoms with Crippen molar-refractivity contribution >= 4 is 27.4 Å². The van der Waals surface area contributed by atoms with Crippen molar-refractivity contribution in [3.05, 3.63) is 41.7 Å². The third-order valence-electron chi connectivity index (χ3n) is 4.03. The summed E-state index contributed by atoms with van der Waals surface area (Å²) in [4.78, 5) is 14.5. The molecule has 1 aromatic heterocycles. The molecule has 1 aromatic carbocycles. The molecule has 0 spiro atoms. The first kappa shape index (κ1) is 16.5. The van der Waals surface area contributed by atoms with E-state index in [1.807, 2.05) is 31.2 Å². The highest BCUT2D eigenvalue weighted by molar-refractivity contribution is 7.92. The fourth-order valence-corrected chi connectivity index (χ4v) is 3.75. The Kier molecular flexibility index (Phi) is 4.08. The molecule has 2 aromatic rings. The molecule has 24 heavy (non-hydrogen) atoms. The van der Waals surface area contributed by atoms with E-state index in [0.29, 0.717) is 5.76 Å². The van der Waals surface area contributed by atoms with Crippen LogP contribution in [0.2, 0.25) is 0 Å². The van der Waals surface area contributed by atoms with Gasteiger partial charge in [0.25, 0.3) is 0 Å². The van der Waals surface area contributed by atoms with Crippen LogP contribution in [0.1, 0.15) is 18.2 Å². The van der Waals surface area contributed by atoms with Crippen LogP contribution in [0.4, 0.5) is 11.5 Å². The highest BCUT2D eigenvalue weighted by atomic mass is 32.2. The number of rotatable bonds is 4. The number of benzene rings is 1. The van der Waals surface area contributed by atoms with E-state index in [-0.39, 0.29) is 24.3 Å². The van der Waals surface area contributed by atoms with Gasteiger partial charge in [-0.15, -0.1) is 0 Å². The highest BCUT2D eigenvalue weighted by Crippen LogP contribution is 2.32. The largest absolute Gasteiger partial charge is 0.360 e. The Bertz CT molecular complexity index is 875. The molecule has 2 heterocycles. The van der Waals surface area contributed by atoms with Crippen LogP contribution in [0.15, 0.2) is 34.9 Å². The first-order chi connectivity index (χ1) is 11.3. The molecule has 7 nitrogen and oxygen atoms in total. The molecule has 0 N–H and O–H groups in total. The molecular formula is C16H19N3O4S. The van der Waals surface area contributed by atoms with E-state index in [2.05, 4.69) is 5.16 Å². The normalized spacial score (nSPS) is 17.0. The van der Waals surface area contributed by atoms with Gasteiger partial charge in [-0.05, 0) is 31.9 Å². The molecule has 1 amide bonds. The van der Waals surface area contributed by atoms with Gasteiger partial charge in [-0.25, -0.2) is 12.7 Å². The van der Waals surface area contributed by atoms with Crippen LogP contribution in [0.25, 0.3) is 0 Å². The Morgan fingerprint density at radius 1 is 1.42 bits per heavy atom. The molecule has 8 heteroatoms. The molecular weight excluding hydrogens is 330 g/mol. The van der Waals surface area contributed by atoms with Gasteiger partial charge in [0.1, 0.15) is 12.3 Å².